The van der Waals surface area contributed by atoms with E-state index in [1.807, 2.05) is 31.2 Å². The summed E-state index contributed by atoms with van der Waals surface area (Å²) in [5, 5.41) is 21.6. The third-order valence-corrected chi connectivity index (χ3v) is 3.91. The Labute approximate surface area is 155 Å². The molecule has 1 heterocycles. The highest BCUT2D eigenvalue weighted by Crippen LogP contribution is 2.28. The number of aromatic hydroxyl groups is 1. The number of benzene rings is 2. The molecule has 7 nitrogen and oxygen atoms in total. The number of phenolic OH excluding ortho intramolecular Hbond substituents is 1. The Hall–Kier alpha value is -3.13. The predicted molar refractivity (Wildman–Crippen MR) is 102 cm³/mol. The number of H-pyrrole nitrogens is 1. The monoisotopic (exact) mass is 370 g/mol. The summed E-state index contributed by atoms with van der Waals surface area (Å²) in [5.41, 5.74) is 1.34. The smallest absolute Gasteiger partial charge is 0.216 e. The average Bonchev–Trinajstić information content (AvgIpc) is 3.03. The Kier molecular flexibility index (Phi) is 5.33. The van der Waals surface area contributed by atoms with Gasteiger partial charge in [-0.05, 0) is 55.5 Å². The van der Waals surface area contributed by atoms with Crippen molar-refractivity contribution in [3.63, 3.8) is 0 Å². The minimum atomic E-state index is 0.0270. The fraction of sp³-hybridized carbons (Fsp3) is 0.167. The number of ether oxygens (including phenoxy) is 2. The van der Waals surface area contributed by atoms with Gasteiger partial charge in [-0.1, -0.05) is 6.07 Å². The summed E-state index contributed by atoms with van der Waals surface area (Å²) in [7, 11) is 1.61. The standard InChI is InChI=1S/C18H18N4O3S/c1-3-25-15-6-4-5-13(16(15)23)11-19-22-17(20-21-18(22)26)12-7-9-14(24-2)10-8-12/h4-11,23H,3H2,1-2H3,(H,21,26)/b19-11+. The van der Waals surface area contributed by atoms with Crippen LogP contribution >= 0.6 is 12.2 Å². The summed E-state index contributed by atoms with van der Waals surface area (Å²) in [4.78, 5) is 0. The van der Waals surface area contributed by atoms with Crippen molar-refractivity contribution in [3.8, 4) is 28.6 Å². The number of methoxy groups -OCH3 is 1. The van der Waals surface area contributed by atoms with Gasteiger partial charge in [0.25, 0.3) is 0 Å². The van der Waals surface area contributed by atoms with Gasteiger partial charge in [0, 0.05) is 11.1 Å². The molecule has 0 radical (unpaired) electrons. The van der Waals surface area contributed by atoms with Gasteiger partial charge in [0.05, 0.1) is 19.9 Å². The summed E-state index contributed by atoms with van der Waals surface area (Å²) < 4.78 is 12.4. The topological polar surface area (TPSA) is 84.7 Å². The molecule has 0 spiro atoms. The molecule has 0 saturated heterocycles. The number of hydrogen-bond acceptors (Lipinski definition) is 6. The van der Waals surface area contributed by atoms with Crippen LogP contribution in [-0.2, 0) is 0 Å². The van der Waals surface area contributed by atoms with Crippen LogP contribution in [0.1, 0.15) is 12.5 Å². The molecule has 0 amide bonds. The molecule has 0 bridgehead atoms. The number of hydrogen-bond donors (Lipinski definition) is 2. The van der Waals surface area contributed by atoms with E-state index in [4.69, 9.17) is 21.7 Å². The lowest BCUT2D eigenvalue weighted by Crippen LogP contribution is -1.97. The minimum Gasteiger partial charge on any atom is -0.504 e. The van der Waals surface area contributed by atoms with Crippen LogP contribution in [0.15, 0.2) is 47.6 Å². The molecule has 0 aliphatic rings. The number of para-hydroxylation sites is 1. The number of nitrogens with one attached hydrogen (secondary N) is 1. The van der Waals surface area contributed by atoms with Crippen LogP contribution < -0.4 is 9.47 Å². The molecular weight excluding hydrogens is 352 g/mol. The van der Waals surface area contributed by atoms with Crippen molar-refractivity contribution < 1.29 is 14.6 Å². The molecule has 0 saturated carbocycles. The van der Waals surface area contributed by atoms with E-state index >= 15 is 0 Å². The number of aromatic nitrogens is 3. The second kappa shape index (κ2) is 7.83. The Balaban J connectivity index is 1.96. The Morgan fingerprint density at radius 1 is 1.27 bits per heavy atom. The zero-order valence-electron chi connectivity index (χ0n) is 14.3. The number of rotatable bonds is 6. The molecule has 2 N–H and O–H groups in total. The number of phenols is 1. The van der Waals surface area contributed by atoms with Crippen molar-refractivity contribution in [1.29, 1.82) is 0 Å². The van der Waals surface area contributed by atoms with Gasteiger partial charge >= 0.3 is 0 Å². The number of nitrogens with zero attached hydrogens (tertiary/aromatic N) is 3. The Morgan fingerprint density at radius 3 is 2.73 bits per heavy atom. The number of aromatic amines is 1. The fourth-order valence-corrected chi connectivity index (χ4v) is 2.54. The summed E-state index contributed by atoms with van der Waals surface area (Å²) in [6, 6.07) is 12.6. The zero-order chi connectivity index (χ0) is 18.5. The van der Waals surface area contributed by atoms with Crippen molar-refractivity contribution in [2.75, 3.05) is 13.7 Å². The van der Waals surface area contributed by atoms with Crippen LogP contribution in [0.5, 0.6) is 17.2 Å². The molecule has 1 aromatic heterocycles. The average molecular weight is 370 g/mol. The van der Waals surface area contributed by atoms with E-state index in [9.17, 15) is 5.11 Å². The van der Waals surface area contributed by atoms with E-state index in [-0.39, 0.29) is 5.75 Å². The molecule has 8 heteroatoms. The van der Waals surface area contributed by atoms with E-state index in [2.05, 4.69) is 15.3 Å². The molecule has 3 rings (SSSR count). The summed E-state index contributed by atoms with van der Waals surface area (Å²) >= 11 is 5.26. The van der Waals surface area contributed by atoms with Gasteiger partial charge in [-0.15, -0.1) is 0 Å². The molecule has 0 fully saturated rings. The maximum absolute atomic E-state index is 10.3. The lowest BCUT2D eigenvalue weighted by molar-refractivity contribution is 0.318. The fourth-order valence-electron chi connectivity index (χ4n) is 2.36. The van der Waals surface area contributed by atoms with Crippen LogP contribution in [0.3, 0.4) is 0 Å². The predicted octanol–water partition coefficient (Wildman–Crippen LogP) is 3.60. The lowest BCUT2D eigenvalue weighted by atomic mass is 10.2. The van der Waals surface area contributed by atoms with Crippen LogP contribution in [0.4, 0.5) is 0 Å². The van der Waals surface area contributed by atoms with Crippen molar-refractivity contribution in [2.24, 2.45) is 5.10 Å². The van der Waals surface area contributed by atoms with Crippen molar-refractivity contribution in [2.45, 2.75) is 6.92 Å². The van der Waals surface area contributed by atoms with E-state index in [0.717, 1.165) is 11.3 Å². The first-order valence-electron chi connectivity index (χ1n) is 7.95. The van der Waals surface area contributed by atoms with Gasteiger partial charge in [0.1, 0.15) is 5.75 Å². The van der Waals surface area contributed by atoms with Crippen molar-refractivity contribution in [1.82, 2.24) is 14.9 Å². The van der Waals surface area contributed by atoms with Gasteiger partial charge in [-0.3, -0.25) is 0 Å². The first-order chi connectivity index (χ1) is 12.6. The lowest BCUT2D eigenvalue weighted by Gasteiger charge is -2.07. The second-order valence-electron chi connectivity index (χ2n) is 5.26. The Morgan fingerprint density at radius 2 is 2.04 bits per heavy atom. The third-order valence-electron chi connectivity index (χ3n) is 3.64. The molecule has 0 atom stereocenters. The summed E-state index contributed by atoms with van der Waals surface area (Å²) in [6.07, 6.45) is 1.51. The maximum atomic E-state index is 10.3. The van der Waals surface area contributed by atoms with E-state index in [1.165, 1.54) is 10.9 Å². The highest BCUT2D eigenvalue weighted by Gasteiger charge is 2.10. The van der Waals surface area contributed by atoms with E-state index < -0.39 is 0 Å². The maximum Gasteiger partial charge on any atom is 0.216 e. The first kappa shape index (κ1) is 17.7. The largest absolute Gasteiger partial charge is 0.504 e. The van der Waals surface area contributed by atoms with E-state index in [0.29, 0.717) is 28.5 Å². The van der Waals surface area contributed by atoms with Crippen LogP contribution in [0.25, 0.3) is 11.4 Å². The highest BCUT2D eigenvalue weighted by atomic mass is 32.1. The summed E-state index contributed by atoms with van der Waals surface area (Å²) in [5.74, 6) is 1.73. The second-order valence-corrected chi connectivity index (χ2v) is 5.65. The highest BCUT2D eigenvalue weighted by molar-refractivity contribution is 7.71. The molecule has 0 aliphatic carbocycles. The Bertz CT molecular complexity index is 977. The van der Waals surface area contributed by atoms with Gasteiger partial charge < -0.3 is 14.6 Å². The molecule has 2 aromatic carbocycles. The minimum absolute atomic E-state index is 0.0270. The zero-order valence-corrected chi connectivity index (χ0v) is 15.2. The quantitative estimate of drug-likeness (QED) is 0.511. The van der Waals surface area contributed by atoms with Gasteiger partial charge in [-0.25, -0.2) is 5.10 Å². The van der Waals surface area contributed by atoms with Gasteiger partial charge in [0.2, 0.25) is 4.77 Å². The first-order valence-corrected chi connectivity index (χ1v) is 8.35. The molecule has 0 aliphatic heterocycles. The van der Waals surface area contributed by atoms with Crippen molar-refractivity contribution >= 4 is 18.4 Å². The normalized spacial score (nSPS) is 11.0. The molecular formula is C18H18N4O3S. The molecule has 0 unspecified atom stereocenters. The molecule has 134 valence electrons. The van der Waals surface area contributed by atoms with Crippen molar-refractivity contribution in [3.05, 3.63) is 52.8 Å². The van der Waals surface area contributed by atoms with Crippen LogP contribution in [-0.4, -0.2) is 39.9 Å². The van der Waals surface area contributed by atoms with Crippen LogP contribution in [0.2, 0.25) is 0 Å². The summed E-state index contributed by atoms with van der Waals surface area (Å²) in [6.45, 7) is 2.31. The molecule has 26 heavy (non-hydrogen) atoms. The SMILES string of the molecule is CCOc1cccc(/C=N/n2c(-c3ccc(OC)cc3)n[nH]c2=S)c1O. The van der Waals surface area contributed by atoms with E-state index in [1.54, 1.807) is 25.3 Å². The van der Waals surface area contributed by atoms with Crippen LogP contribution in [0, 0.1) is 4.77 Å². The third kappa shape index (κ3) is 3.60. The van der Waals surface area contributed by atoms with Gasteiger partial charge in [0.15, 0.2) is 17.3 Å². The molecule has 3 aromatic rings. The van der Waals surface area contributed by atoms with Gasteiger partial charge in [-0.2, -0.15) is 14.9 Å².